The van der Waals surface area contributed by atoms with E-state index in [2.05, 4.69) is 16.0 Å². The van der Waals surface area contributed by atoms with E-state index in [1.165, 1.54) is 0 Å². The van der Waals surface area contributed by atoms with Crippen molar-refractivity contribution in [2.24, 2.45) is 17.2 Å². The van der Waals surface area contributed by atoms with Crippen LogP contribution in [0.4, 0.5) is 0 Å². The van der Waals surface area contributed by atoms with Gasteiger partial charge < -0.3 is 43.4 Å². The Balaban J connectivity index is 5.22. The van der Waals surface area contributed by atoms with Crippen LogP contribution in [0.2, 0.25) is 0 Å². The van der Waals surface area contributed by atoms with E-state index in [1.54, 1.807) is 0 Å². The summed E-state index contributed by atoms with van der Waals surface area (Å²) < 4.78 is 0. The molecule has 0 aliphatic heterocycles. The van der Waals surface area contributed by atoms with Crippen LogP contribution in [0, 0.1) is 0 Å². The van der Waals surface area contributed by atoms with E-state index in [1.807, 2.05) is 0 Å². The number of unbranched alkanes of at least 4 members (excludes halogenated alkanes) is 1. The number of aliphatic carboxylic acids is 2. The van der Waals surface area contributed by atoms with Crippen molar-refractivity contribution in [3.63, 3.8) is 0 Å². The molecule has 0 spiro atoms. The van der Waals surface area contributed by atoms with Gasteiger partial charge in [0.05, 0.1) is 12.5 Å². The first-order chi connectivity index (χ1) is 14.5. The van der Waals surface area contributed by atoms with Crippen LogP contribution in [-0.2, 0) is 28.8 Å². The maximum absolute atomic E-state index is 12.6. The van der Waals surface area contributed by atoms with E-state index >= 15 is 0 Å². The molecule has 0 rings (SSSR count). The Morgan fingerprint density at radius 1 is 0.806 bits per heavy atom. The molecule has 0 bridgehead atoms. The minimum Gasteiger partial charge on any atom is -0.481 e. The van der Waals surface area contributed by atoms with Crippen molar-refractivity contribution < 1.29 is 39.0 Å². The number of carboxylic acids is 2. The van der Waals surface area contributed by atoms with Gasteiger partial charge in [-0.1, -0.05) is 0 Å². The number of rotatable bonds is 16. The van der Waals surface area contributed by atoms with Crippen molar-refractivity contribution in [2.75, 3.05) is 13.1 Å². The number of carboxylic acid groups (broad SMARTS) is 2. The number of nitrogens with two attached hydrogens (primary N) is 3. The maximum atomic E-state index is 12.6. The van der Waals surface area contributed by atoms with Gasteiger partial charge >= 0.3 is 11.9 Å². The molecule has 14 nitrogen and oxygen atoms in total. The van der Waals surface area contributed by atoms with Gasteiger partial charge in [-0.3, -0.25) is 28.8 Å². The van der Waals surface area contributed by atoms with E-state index in [9.17, 15) is 28.8 Å². The number of nitrogens with one attached hydrogen (secondary N) is 3. The molecular formula is C17H30N6O8. The third-order valence-electron chi connectivity index (χ3n) is 4.04. The number of carbonyl (C=O) groups is 6. The molecule has 0 saturated heterocycles. The first-order valence-corrected chi connectivity index (χ1v) is 9.53. The van der Waals surface area contributed by atoms with Gasteiger partial charge in [-0.05, 0) is 32.2 Å². The van der Waals surface area contributed by atoms with Gasteiger partial charge in [0, 0.05) is 6.42 Å². The topological polar surface area (TPSA) is 257 Å². The lowest BCUT2D eigenvalue weighted by molar-refractivity contribution is -0.141. The van der Waals surface area contributed by atoms with E-state index in [0.29, 0.717) is 19.4 Å². The Labute approximate surface area is 178 Å². The second-order valence-electron chi connectivity index (χ2n) is 6.73. The van der Waals surface area contributed by atoms with Crippen LogP contribution in [0.5, 0.6) is 0 Å². The highest BCUT2D eigenvalue weighted by Crippen LogP contribution is 2.04. The van der Waals surface area contributed by atoms with Crippen LogP contribution in [0.1, 0.15) is 38.5 Å². The van der Waals surface area contributed by atoms with Gasteiger partial charge in [-0.2, -0.15) is 0 Å². The second kappa shape index (κ2) is 14.7. The normalized spacial score (nSPS) is 13.4. The number of carbonyl (C=O) groups excluding carboxylic acids is 4. The van der Waals surface area contributed by atoms with Crippen molar-refractivity contribution in [1.82, 2.24) is 16.0 Å². The van der Waals surface area contributed by atoms with Crippen molar-refractivity contribution in [1.29, 1.82) is 0 Å². The quantitative estimate of drug-likeness (QED) is 0.108. The summed E-state index contributed by atoms with van der Waals surface area (Å²) in [6.07, 6.45) is -0.0235. The van der Waals surface area contributed by atoms with Crippen LogP contribution in [0.3, 0.4) is 0 Å². The summed E-state index contributed by atoms with van der Waals surface area (Å²) in [5, 5.41) is 24.4. The molecule has 0 radical (unpaired) electrons. The Bertz CT molecular complexity index is 671. The Hall–Kier alpha value is -3.26. The minimum atomic E-state index is -1.56. The third kappa shape index (κ3) is 12.8. The summed E-state index contributed by atoms with van der Waals surface area (Å²) in [6, 6.07) is -3.94. The van der Waals surface area contributed by atoms with Gasteiger partial charge in [0.2, 0.25) is 23.6 Å². The zero-order valence-corrected chi connectivity index (χ0v) is 17.0. The van der Waals surface area contributed by atoms with Crippen LogP contribution >= 0.6 is 0 Å². The number of primary amides is 1. The molecule has 14 heteroatoms. The first kappa shape index (κ1) is 27.7. The van der Waals surface area contributed by atoms with Gasteiger partial charge in [0.15, 0.2) is 0 Å². The molecule has 31 heavy (non-hydrogen) atoms. The van der Waals surface area contributed by atoms with E-state index in [0.717, 1.165) is 0 Å². The summed E-state index contributed by atoms with van der Waals surface area (Å²) in [5.41, 5.74) is 16.0. The summed E-state index contributed by atoms with van der Waals surface area (Å²) in [4.78, 5) is 69.5. The molecule has 0 aromatic carbocycles. The van der Waals surface area contributed by atoms with E-state index in [4.69, 9.17) is 27.4 Å². The lowest BCUT2D eigenvalue weighted by atomic mass is 10.1. The number of amides is 4. The van der Waals surface area contributed by atoms with E-state index < -0.39 is 66.7 Å². The average molecular weight is 446 g/mol. The Morgan fingerprint density at radius 2 is 1.42 bits per heavy atom. The molecule has 176 valence electrons. The smallest absolute Gasteiger partial charge is 0.322 e. The average Bonchev–Trinajstić information content (AvgIpc) is 2.68. The highest BCUT2D eigenvalue weighted by Gasteiger charge is 2.29. The van der Waals surface area contributed by atoms with Crippen LogP contribution in [0.15, 0.2) is 0 Å². The van der Waals surface area contributed by atoms with Crippen molar-refractivity contribution >= 4 is 35.6 Å². The summed E-state index contributed by atoms with van der Waals surface area (Å²) in [5.74, 6) is -6.01. The SMILES string of the molecule is NCCCCC(NC(=O)C(CC(=O)O)NC(=O)C(N)CCC(N)=O)C(=O)NCC(=O)O. The molecule has 11 N–H and O–H groups in total. The number of hydrogen-bond donors (Lipinski definition) is 8. The minimum absolute atomic E-state index is 0.109. The molecule has 0 saturated carbocycles. The zero-order chi connectivity index (χ0) is 24.0. The predicted octanol–water partition coefficient (Wildman–Crippen LogP) is -3.65. The van der Waals surface area contributed by atoms with Gasteiger partial charge in [-0.15, -0.1) is 0 Å². The Morgan fingerprint density at radius 3 is 1.94 bits per heavy atom. The standard InChI is InChI=1S/C17H30N6O8/c18-6-2-1-3-10(16(30)21-8-14(27)28)22-17(31)11(7-13(25)26)23-15(29)9(19)4-5-12(20)24/h9-11H,1-8,18-19H2,(H2,20,24)(H,21,30)(H,22,31)(H,23,29)(H,25,26)(H,27,28). The van der Waals surface area contributed by atoms with Crippen molar-refractivity contribution in [3.8, 4) is 0 Å². The molecule has 0 aromatic rings. The highest BCUT2D eigenvalue weighted by molar-refractivity contribution is 5.95. The van der Waals surface area contributed by atoms with Crippen LogP contribution in [-0.4, -0.2) is 77.0 Å². The maximum Gasteiger partial charge on any atom is 0.322 e. The molecular weight excluding hydrogens is 416 g/mol. The fourth-order valence-electron chi connectivity index (χ4n) is 2.41. The fourth-order valence-corrected chi connectivity index (χ4v) is 2.41. The Kier molecular flexibility index (Phi) is 13.1. The molecule has 0 aromatic heterocycles. The summed E-state index contributed by atoms with van der Waals surface area (Å²) in [7, 11) is 0. The van der Waals surface area contributed by atoms with Crippen LogP contribution in [0.25, 0.3) is 0 Å². The van der Waals surface area contributed by atoms with Crippen LogP contribution < -0.4 is 33.2 Å². The zero-order valence-electron chi connectivity index (χ0n) is 17.0. The highest BCUT2D eigenvalue weighted by atomic mass is 16.4. The van der Waals surface area contributed by atoms with E-state index in [-0.39, 0.29) is 19.3 Å². The monoisotopic (exact) mass is 446 g/mol. The summed E-state index contributed by atoms with van der Waals surface area (Å²) in [6.45, 7) is -0.343. The van der Waals surface area contributed by atoms with Gasteiger partial charge in [-0.25, -0.2) is 0 Å². The second-order valence-corrected chi connectivity index (χ2v) is 6.73. The summed E-state index contributed by atoms with van der Waals surface area (Å²) >= 11 is 0. The van der Waals surface area contributed by atoms with Crippen molar-refractivity contribution in [2.45, 2.75) is 56.7 Å². The van der Waals surface area contributed by atoms with Gasteiger partial charge in [0.25, 0.3) is 0 Å². The first-order valence-electron chi connectivity index (χ1n) is 9.53. The molecule has 0 fully saturated rings. The number of hydrogen-bond acceptors (Lipinski definition) is 8. The van der Waals surface area contributed by atoms with Gasteiger partial charge in [0.1, 0.15) is 18.6 Å². The lowest BCUT2D eigenvalue weighted by Gasteiger charge is -2.23. The predicted molar refractivity (Wildman–Crippen MR) is 106 cm³/mol. The molecule has 0 aliphatic rings. The van der Waals surface area contributed by atoms with Crippen molar-refractivity contribution in [3.05, 3.63) is 0 Å². The third-order valence-corrected chi connectivity index (χ3v) is 4.04. The largest absolute Gasteiger partial charge is 0.481 e. The molecule has 0 aliphatic carbocycles. The lowest BCUT2D eigenvalue weighted by Crippen LogP contribution is -2.56. The molecule has 0 heterocycles. The fraction of sp³-hybridized carbons (Fsp3) is 0.647. The molecule has 4 amide bonds. The molecule has 3 unspecified atom stereocenters. The molecule has 3 atom stereocenters.